The minimum absolute atomic E-state index is 0. The predicted molar refractivity (Wildman–Crippen MR) is 85.8 cm³/mol. The zero-order valence-corrected chi connectivity index (χ0v) is 12.6. The molecular weight excluding hydrogens is 300 g/mol. The number of fused-ring (bicyclic) bond motifs is 1. The Morgan fingerprint density at radius 2 is 1.82 bits per heavy atom. The van der Waals surface area contributed by atoms with E-state index >= 15 is 0 Å². The Hall–Kier alpha value is -2.73. The van der Waals surface area contributed by atoms with Crippen molar-refractivity contribution in [1.82, 2.24) is 30.1 Å². The van der Waals surface area contributed by atoms with Gasteiger partial charge >= 0.3 is 0 Å². The van der Waals surface area contributed by atoms with Crippen LogP contribution in [0.1, 0.15) is 5.82 Å². The average Bonchev–Trinajstić information content (AvgIpc) is 3.16. The maximum Gasteiger partial charge on any atom is 0.201 e. The summed E-state index contributed by atoms with van der Waals surface area (Å²) in [6, 6.07) is 12.1. The summed E-state index contributed by atoms with van der Waals surface area (Å²) >= 11 is 0. The quantitative estimate of drug-likeness (QED) is 0.596. The normalized spacial score (nSPS) is 10.6. The van der Waals surface area contributed by atoms with Crippen LogP contribution in [0.3, 0.4) is 0 Å². The predicted octanol–water partition coefficient (Wildman–Crippen LogP) is 3.09. The number of H-pyrrole nitrogens is 2. The van der Waals surface area contributed by atoms with E-state index in [2.05, 4.69) is 25.1 Å². The van der Waals surface area contributed by atoms with Crippen LogP contribution < -0.4 is 0 Å². The van der Waals surface area contributed by atoms with Crippen molar-refractivity contribution in [3.05, 3.63) is 48.5 Å². The summed E-state index contributed by atoms with van der Waals surface area (Å²) in [5, 5.41) is 6.82. The van der Waals surface area contributed by atoms with Crippen LogP contribution in [0.2, 0.25) is 0 Å². The van der Waals surface area contributed by atoms with Crippen molar-refractivity contribution in [1.29, 1.82) is 0 Å². The zero-order valence-electron chi connectivity index (χ0n) is 11.7. The third-order valence-electron chi connectivity index (χ3n) is 3.28. The van der Waals surface area contributed by atoms with E-state index in [1.54, 1.807) is 0 Å². The van der Waals surface area contributed by atoms with Crippen molar-refractivity contribution in [3.8, 4) is 34.2 Å². The maximum absolute atomic E-state index is 4.69. The van der Waals surface area contributed by atoms with Gasteiger partial charge in [-0.15, -0.1) is 12.4 Å². The maximum atomic E-state index is 4.69. The van der Waals surface area contributed by atoms with Gasteiger partial charge in [0, 0.05) is 5.56 Å². The second-order valence-electron chi connectivity index (χ2n) is 4.76. The molecule has 7 heteroatoms. The minimum atomic E-state index is 0. The van der Waals surface area contributed by atoms with Crippen molar-refractivity contribution < 1.29 is 0 Å². The number of halogens is 1. The Balaban J connectivity index is 0.00000144. The first-order chi connectivity index (χ1) is 10.3. The standard InChI is InChI=1S/C15H12N6.ClH/c1-9-18-12-7-11(10-5-3-2-4-6-10)20-13(12)14(19-9)15-16-8-17-21-15;/h2-8H,1H3,(H,18,19)(H,16,17,21);1H. The van der Waals surface area contributed by atoms with Gasteiger partial charge in [0.25, 0.3) is 0 Å². The lowest BCUT2D eigenvalue weighted by atomic mass is 10.1. The Morgan fingerprint density at radius 1 is 1.00 bits per heavy atom. The highest BCUT2D eigenvalue weighted by Gasteiger charge is 2.20. The third kappa shape index (κ3) is 2.33. The molecule has 2 aliphatic heterocycles. The molecule has 4 rings (SSSR count). The van der Waals surface area contributed by atoms with E-state index < -0.39 is 0 Å². The first-order valence-corrected chi connectivity index (χ1v) is 6.60. The van der Waals surface area contributed by atoms with Gasteiger partial charge in [-0.05, 0) is 13.0 Å². The molecule has 0 amide bonds. The van der Waals surface area contributed by atoms with Gasteiger partial charge < -0.3 is 4.98 Å². The van der Waals surface area contributed by atoms with Gasteiger partial charge in [0.1, 0.15) is 23.5 Å². The van der Waals surface area contributed by atoms with Crippen LogP contribution in [0.4, 0.5) is 0 Å². The molecule has 2 aromatic rings. The van der Waals surface area contributed by atoms with Gasteiger partial charge in [0.05, 0.1) is 11.4 Å². The Labute approximate surface area is 132 Å². The zero-order chi connectivity index (χ0) is 14.2. The molecule has 1 aromatic carbocycles. The van der Waals surface area contributed by atoms with Crippen LogP contribution in [-0.4, -0.2) is 30.1 Å². The SMILES string of the molecule is Cc1nc(-c2nc[nH]n2)c2nc(-c3ccccc3)cc-2[nH]1.Cl. The molecule has 0 aliphatic carbocycles. The number of benzene rings is 1. The van der Waals surface area contributed by atoms with Gasteiger partial charge in [-0.1, -0.05) is 30.3 Å². The van der Waals surface area contributed by atoms with Gasteiger partial charge in [-0.3, -0.25) is 5.10 Å². The first kappa shape index (κ1) is 14.2. The lowest BCUT2D eigenvalue weighted by molar-refractivity contribution is 1.03. The van der Waals surface area contributed by atoms with E-state index in [0.717, 1.165) is 28.5 Å². The number of nitrogens with zero attached hydrogens (tertiary/aromatic N) is 4. The summed E-state index contributed by atoms with van der Waals surface area (Å²) in [5.41, 5.74) is 4.37. The van der Waals surface area contributed by atoms with Crippen molar-refractivity contribution in [2.75, 3.05) is 0 Å². The molecule has 3 heterocycles. The van der Waals surface area contributed by atoms with Gasteiger partial charge in [0.15, 0.2) is 0 Å². The second-order valence-corrected chi connectivity index (χ2v) is 4.76. The van der Waals surface area contributed by atoms with Crippen molar-refractivity contribution in [2.45, 2.75) is 6.92 Å². The van der Waals surface area contributed by atoms with E-state index in [9.17, 15) is 0 Å². The van der Waals surface area contributed by atoms with Crippen LogP contribution >= 0.6 is 12.4 Å². The van der Waals surface area contributed by atoms with E-state index in [1.165, 1.54) is 6.33 Å². The number of aromatic amines is 2. The van der Waals surface area contributed by atoms with Crippen LogP contribution in [0.25, 0.3) is 34.2 Å². The number of rotatable bonds is 2. The molecule has 110 valence electrons. The van der Waals surface area contributed by atoms with Crippen molar-refractivity contribution >= 4 is 12.4 Å². The molecule has 2 aliphatic rings. The molecule has 0 fully saturated rings. The molecule has 22 heavy (non-hydrogen) atoms. The highest BCUT2D eigenvalue weighted by molar-refractivity contribution is 5.85. The molecule has 0 bridgehead atoms. The fourth-order valence-electron chi connectivity index (χ4n) is 2.37. The number of aromatic nitrogens is 6. The van der Waals surface area contributed by atoms with E-state index in [1.807, 2.05) is 43.3 Å². The van der Waals surface area contributed by atoms with Crippen LogP contribution in [0, 0.1) is 6.92 Å². The van der Waals surface area contributed by atoms with E-state index in [4.69, 9.17) is 4.98 Å². The Bertz CT molecular complexity index is 853. The topological polar surface area (TPSA) is 83.1 Å². The molecule has 0 spiro atoms. The van der Waals surface area contributed by atoms with Gasteiger partial charge in [-0.2, -0.15) is 5.10 Å². The molecule has 0 atom stereocenters. The fraction of sp³-hybridized carbons (Fsp3) is 0.0667. The molecule has 0 unspecified atom stereocenters. The fourth-order valence-corrected chi connectivity index (χ4v) is 2.37. The first-order valence-electron chi connectivity index (χ1n) is 6.60. The molecule has 1 aromatic heterocycles. The van der Waals surface area contributed by atoms with Gasteiger partial charge in [-0.25, -0.2) is 15.0 Å². The number of nitrogens with one attached hydrogen (secondary N) is 2. The van der Waals surface area contributed by atoms with E-state index in [0.29, 0.717) is 11.5 Å². The molecule has 0 saturated carbocycles. The average molecular weight is 313 g/mol. The largest absolute Gasteiger partial charge is 0.342 e. The van der Waals surface area contributed by atoms with Crippen LogP contribution in [0.5, 0.6) is 0 Å². The summed E-state index contributed by atoms with van der Waals surface area (Å²) in [5.74, 6) is 1.35. The molecule has 2 N–H and O–H groups in total. The summed E-state index contributed by atoms with van der Waals surface area (Å²) in [7, 11) is 0. The smallest absolute Gasteiger partial charge is 0.201 e. The highest BCUT2D eigenvalue weighted by atomic mass is 35.5. The monoisotopic (exact) mass is 312 g/mol. The Kier molecular flexibility index (Phi) is 3.60. The van der Waals surface area contributed by atoms with E-state index in [-0.39, 0.29) is 12.4 Å². The summed E-state index contributed by atoms with van der Waals surface area (Å²) in [6.45, 7) is 1.91. The summed E-state index contributed by atoms with van der Waals surface area (Å²) < 4.78 is 0. The number of hydrogen-bond acceptors (Lipinski definition) is 4. The molecule has 0 radical (unpaired) electrons. The van der Waals surface area contributed by atoms with Crippen molar-refractivity contribution in [2.24, 2.45) is 0 Å². The van der Waals surface area contributed by atoms with Crippen LogP contribution in [-0.2, 0) is 0 Å². The summed E-state index contributed by atoms with van der Waals surface area (Å²) in [6.07, 6.45) is 1.54. The molecular formula is C15H13ClN6. The number of hydrogen-bond donors (Lipinski definition) is 2. The number of aryl methyl sites for hydroxylation is 1. The van der Waals surface area contributed by atoms with Gasteiger partial charge in [0.2, 0.25) is 5.82 Å². The summed E-state index contributed by atoms with van der Waals surface area (Å²) in [4.78, 5) is 16.6. The lowest BCUT2D eigenvalue weighted by Gasteiger charge is -2.04. The van der Waals surface area contributed by atoms with Crippen LogP contribution in [0.15, 0.2) is 42.7 Å². The third-order valence-corrected chi connectivity index (χ3v) is 3.28. The second kappa shape index (κ2) is 5.57. The highest BCUT2D eigenvalue weighted by Crippen LogP contribution is 2.32. The molecule has 6 nitrogen and oxygen atoms in total. The minimum Gasteiger partial charge on any atom is -0.342 e. The van der Waals surface area contributed by atoms with Crippen molar-refractivity contribution in [3.63, 3.8) is 0 Å². The molecule has 0 saturated heterocycles. The Morgan fingerprint density at radius 3 is 2.55 bits per heavy atom. The lowest BCUT2D eigenvalue weighted by Crippen LogP contribution is -1.98.